The lowest BCUT2D eigenvalue weighted by Gasteiger charge is -2.05. The van der Waals surface area contributed by atoms with Gasteiger partial charge in [0.25, 0.3) is 5.91 Å². The van der Waals surface area contributed by atoms with Gasteiger partial charge in [-0.3, -0.25) is 10.1 Å². The minimum atomic E-state index is -0.359. The van der Waals surface area contributed by atoms with Gasteiger partial charge in [0.2, 0.25) is 5.13 Å². The molecule has 0 saturated heterocycles. The van der Waals surface area contributed by atoms with Crippen molar-refractivity contribution in [2.45, 2.75) is 10.1 Å². The van der Waals surface area contributed by atoms with E-state index in [0.29, 0.717) is 27.8 Å². The molecule has 0 spiro atoms. The van der Waals surface area contributed by atoms with Gasteiger partial charge in [0.1, 0.15) is 5.75 Å². The molecule has 0 bridgehead atoms. The predicted molar refractivity (Wildman–Crippen MR) is 106 cm³/mol. The molecule has 0 fully saturated rings. The van der Waals surface area contributed by atoms with Crippen LogP contribution < -0.4 is 10.1 Å². The van der Waals surface area contributed by atoms with Crippen molar-refractivity contribution in [1.29, 1.82) is 10.5 Å². The summed E-state index contributed by atoms with van der Waals surface area (Å²) in [6, 6.07) is 18.0. The van der Waals surface area contributed by atoms with E-state index >= 15 is 0 Å². The van der Waals surface area contributed by atoms with Crippen molar-refractivity contribution >= 4 is 34.1 Å². The number of nitriles is 2. The van der Waals surface area contributed by atoms with E-state index in [1.54, 1.807) is 36.4 Å². The molecule has 138 valence electrons. The zero-order valence-electron chi connectivity index (χ0n) is 14.5. The first-order valence-electron chi connectivity index (χ1n) is 8.04. The van der Waals surface area contributed by atoms with E-state index < -0.39 is 0 Å². The van der Waals surface area contributed by atoms with E-state index in [1.807, 2.05) is 18.2 Å². The number of nitrogens with one attached hydrogen (secondary N) is 1. The van der Waals surface area contributed by atoms with Crippen LogP contribution in [0.15, 0.2) is 52.9 Å². The zero-order chi connectivity index (χ0) is 19.8. The quantitative estimate of drug-likeness (QED) is 0.470. The van der Waals surface area contributed by atoms with E-state index in [4.69, 9.17) is 15.3 Å². The highest BCUT2D eigenvalue weighted by atomic mass is 32.2. The molecule has 0 radical (unpaired) electrons. The van der Waals surface area contributed by atoms with E-state index in [2.05, 4.69) is 21.6 Å². The molecule has 0 saturated carbocycles. The zero-order valence-corrected chi connectivity index (χ0v) is 16.1. The van der Waals surface area contributed by atoms with Crippen LogP contribution in [-0.2, 0) is 10.5 Å². The number of aromatic nitrogens is 2. The number of benzene rings is 2. The Morgan fingerprint density at radius 1 is 1.11 bits per heavy atom. The van der Waals surface area contributed by atoms with Gasteiger partial charge in [-0.25, -0.2) is 0 Å². The fourth-order valence-electron chi connectivity index (χ4n) is 2.10. The lowest BCUT2D eigenvalue weighted by Crippen LogP contribution is -2.20. The second-order valence-electron chi connectivity index (χ2n) is 5.45. The molecule has 3 aromatic rings. The third-order valence-electron chi connectivity index (χ3n) is 3.43. The molecule has 1 heterocycles. The number of amides is 1. The van der Waals surface area contributed by atoms with Crippen molar-refractivity contribution in [2.75, 3.05) is 11.9 Å². The van der Waals surface area contributed by atoms with Crippen LogP contribution in [0.1, 0.15) is 16.7 Å². The summed E-state index contributed by atoms with van der Waals surface area (Å²) in [5.41, 5.74) is 2.15. The summed E-state index contributed by atoms with van der Waals surface area (Å²) in [7, 11) is 0. The smallest absolute Gasteiger partial charge is 0.264 e. The maximum Gasteiger partial charge on any atom is 0.264 e. The molecule has 1 N–H and O–H groups in total. The first-order valence-corrected chi connectivity index (χ1v) is 9.84. The van der Waals surface area contributed by atoms with Gasteiger partial charge in [0, 0.05) is 5.75 Å². The second-order valence-corrected chi connectivity index (χ2v) is 7.65. The van der Waals surface area contributed by atoms with Crippen molar-refractivity contribution in [3.63, 3.8) is 0 Å². The molecule has 0 aliphatic heterocycles. The normalized spacial score (nSPS) is 9.93. The first kappa shape index (κ1) is 19.4. The van der Waals surface area contributed by atoms with Crippen LogP contribution in [0.4, 0.5) is 5.13 Å². The highest BCUT2D eigenvalue weighted by Crippen LogP contribution is 2.28. The Kier molecular flexibility index (Phi) is 6.58. The minimum Gasteiger partial charge on any atom is -0.484 e. The Morgan fingerprint density at radius 2 is 1.89 bits per heavy atom. The number of ether oxygens (including phenoxy) is 1. The standard InChI is InChI=1S/C19H13N5O2S2/c20-9-13-4-6-14(7-5-13)12-27-19-24-23-18(28-19)22-17(25)11-26-16-3-1-2-15(8-16)10-21/h1-8H,11-12H2,(H,22,23,25). The molecule has 0 aliphatic carbocycles. The molecule has 0 unspecified atom stereocenters. The Morgan fingerprint density at radius 3 is 2.64 bits per heavy atom. The Labute approximate surface area is 169 Å². The summed E-state index contributed by atoms with van der Waals surface area (Å²) in [6.45, 7) is -0.192. The lowest BCUT2D eigenvalue weighted by atomic mass is 10.2. The van der Waals surface area contributed by atoms with Gasteiger partial charge in [0.15, 0.2) is 10.9 Å². The first-order chi connectivity index (χ1) is 13.7. The Balaban J connectivity index is 1.47. The minimum absolute atomic E-state index is 0.192. The fourth-order valence-corrected chi connectivity index (χ4v) is 3.82. The number of hydrogen-bond donors (Lipinski definition) is 1. The predicted octanol–water partition coefficient (Wildman–Crippen LogP) is 3.59. The second kappa shape index (κ2) is 9.51. The van der Waals surface area contributed by atoms with Gasteiger partial charge in [0.05, 0.1) is 23.3 Å². The SMILES string of the molecule is N#Cc1ccc(CSc2nnc(NC(=O)COc3cccc(C#N)c3)s2)cc1. The highest BCUT2D eigenvalue weighted by molar-refractivity contribution is 8.00. The summed E-state index contributed by atoms with van der Waals surface area (Å²) >= 11 is 2.77. The molecule has 0 atom stereocenters. The van der Waals surface area contributed by atoms with E-state index in [1.165, 1.54) is 23.1 Å². The van der Waals surface area contributed by atoms with Crippen LogP contribution in [0.25, 0.3) is 0 Å². The largest absolute Gasteiger partial charge is 0.484 e. The van der Waals surface area contributed by atoms with Crippen LogP contribution in [0.5, 0.6) is 5.75 Å². The molecule has 3 rings (SSSR count). The molecule has 0 aliphatic rings. The molecular weight excluding hydrogens is 394 g/mol. The maximum atomic E-state index is 12.0. The van der Waals surface area contributed by atoms with Gasteiger partial charge in [-0.1, -0.05) is 41.3 Å². The van der Waals surface area contributed by atoms with Crippen LogP contribution in [0, 0.1) is 22.7 Å². The number of anilines is 1. The topological polar surface area (TPSA) is 112 Å². The molecule has 9 heteroatoms. The van der Waals surface area contributed by atoms with Gasteiger partial charge in [-0.2, -0.15) is 10.5 Å². The average Bonchev–Trinajstić information content (AvgIpc) is 3.18. The van der Waals surface area contributed by atoms with Gasteiger partial charge in [-0.15, -0.1) is 10.2 Å². The lowest BCUT2D eigenvalue weighted by molar-refractivity contribution is -0.118. The molecule has 28 heavy (non-hydrogen) atoms. The highest BCUT2D eigenvalue weighted by Gasteiger charge is 2.10. The summed E-state index contributed by atoms with van der Waals surface area (Å²) in [5.74, 6) is 0.777. The third kappa shape index (κ3) is 5.55. The Hall–Kier alpha value is -3.40. The number of carbonyl (C=O) groups is 1. The van der Waals surface area contributed by atoms with Crippen molar-refractivity contribution in [2.24, 2.45) is 0 Å². The van der Waals surface area contributed by atoms with Gasteiger partial charge >= 0.3 is 0 Å². The number of hydrogen-bond acceptors (Lipinski definition) is 8. The number of rotatable bonds is 7. The van der Waals surface area contributed by atoms with E-state index in [9.17, 15) is 4.79 Å². The van der Waals surface area contributed by atoms with Crippen LogP contribution in [-0.4, -0.2) is 22.7 Å². The summed E-state index contributed by atoms with van der Waals surface area (Å²) < 4.78 is 6.10. The number of carbonyl (C=O) groups excluding carboxylic acids is 1. The summed E-state index contributed by atoms with van der Waals surface area (Å²) in [4.78, 5) is 12.0. The van der Waals surface area contributed by atoms with E-state index in [0.717, 1.165) is 9.90 Å². The number of nitrogens with zero attached hydrogens (tertiary/aromatic N) is 4. The molecular formula is C19H13N5O2S2. The summed E-state index contributed by atoms with van der Waals surface area (Å²) in [6.07, 6.45) is 0. The molecule has 1 amide bonds. The van der Waals surface area contributed by atoms with Crippen LogP contribution >= 0.6 is 23.1 Å². The van der Waals surface area contributed by atoms with E-state index in [-0.39, 0.29) is 12.5 Å². The number of thioether (sulfide) groups is 1. The van der Waals surface area contributed by atoms with Crippen molar-refractivity contribution < 1.29 is 9.53 Å². The van der Waals surface area contributed by atoms with Crippen LogP contribution in [0.2, 0.25) is 0 Å². The molecule has 1 aromatic heterocycles. The van der Waals surface area contributed by atoms with Gasteiger partial charge < -0.3 is 4.74 Å². The molecule has 2 aromatic carbocycles. The third-order valence-corrected chi connectivity index (χ3v) is 5.47. The van der Waals surface area contributed by atoms with Crippen LogP contribution in [0.3, 0.4) is 0 Å². The average molecular weight is 407 g/mol. The molecule has 7 nitrogen and oxygen atoms in total. The summed E-state index contributed by atoms with van der Waals surface area (Å²) in [5, 5.41) is 28.7. The van der Waals surface area contributed by atoms with Gasteiger partial charge in [-0.05, 0) is 35.9 Å². The Bertz CT molecular complexity index is 1050. The van der Waals surface area contributed by atoms with Crippen molar-refractivity contribution in [3.8, 4) is 17.9 Å². The maximum absolute atomic E-state index is 12.0. The fraction of sp³-hybridized carbons (Fsp3) is 0.105. The van der Waals surface area contributed by atoms with Crippen molar-refractivity contribution in [1.82, 2.24) is 10.2 Å². The monoisotopic (exact) mass is 407 g/mol. The van der Waals surface area contributed by atoms with Crippen molar-refractivity contribution in [3.05, 3.63) is 65.2 Å².